The molecule has 5 rings (SSSR count). The summed E-state index contributed by atoms with van der Waals surface area (Å²) in [5.74, 6) is 2.18. The summed E-state index contributed by atoms with van der Waals surface area (Å²) in [4.78, 5) is 10.1. The first-order valence-electron chi connectivity index (χ1n) is 11.0. The van der Waals surface area contributed by atoms with Crippen LogP contribution in [0.5, 0.6) is 5.75 Å². The van der Waals surface area contributed by atoms with Crippen molar-refractivity contribution >= 4 is 16.6 Å². The number of hydrogen-bond donors (Lipinski definition) is 1. The minimum atomic E-state index is 0.159. The smallest absolute Gasteiger partial charge is 0.137 e. The van der Waals surface area contributed by atoms with Crippen molar-refractivity contribution in [2.24, 2.45) is 5.92 Å². The fraction of sp³-hybridized carbons (Fsp3) is 0.400. The molecule has 1 saturated heterocycles. The number of aliphatic hydroxyl groups excluding tert-OH is 1. The van der Waals surface area contributed by atoms with Crippen LogP contribution in [0, 0.1) is 5.92 Å². The number of piperazine rings is 1. The first-order chi connectivity index (χ1) is 14.7. The van der Waals surface area contributed by atoms with Crippen LogP contribution < -0.4 is 9.64 Å². The average Bonchev–Trinajstić information content (AvgIpc) is 2.82. The number of ether oxygens (including phenoxy) is 1. The zero-order valence-corrected chi connectivity index (χ0v) is 17.6. The molecule has 0 spiro atoms. The van der Waals surface area contributed by atoms with E-state index < -0.39 is 0 Å². The van der Waals surface area contributed by atoms with Gasteiger partial charge in [-0.1, -0.05) is 31.2 Å². The summed E-state index contributed by atoms with van der Waals surface area (Å²) in [6.45, 7) is 8.25. The standard InChI is InChI=1S/C25H29N3O2/c1-2-27-9-11-28(12-10-27)25-22-6-4-3-5-19(22)15-23(26-25)20-7-8-24-21(14-20)13-18(16-29)17-30-24/h3-8,14-15,18,29H,2,9-13,16-17H2,1H3. The van der Waals surface area contributed by atoms with E-state index in [-0.39, 0.29) is 12.5 Å². The van der Waals surface area contributed by atoms with Gasteiger partial charge in [-0.25, -0.2) is 4.98 Å². The molecule has 1 fully saturated rings. The molecule has 0 saturated carbocycles. The summed E-state index contributed by atoms with van der Waals surface area (Å²) >= 11 is 0. The van der Waals surface area contributed by atoms with Gasteiger partial charge in [0.25, 0.3) is 0 Å². The van der Waals surface area contributed by atoms with Gasteiger partial charge in [0.2, 0.25) is 0 Å². The highest BCUT2D eigenvalue weighted by atomic mass is 16.5. The first-order valence-corrected chi connectivity index (χ1v) is 11.0. The predicted molar refractivity (Wildman–Crippen MR) is 121 cm³/mol. The summed E-state index contributed by atoms with van der Waals surface area (Å²) in [6.07, 6.45) is 0.846. The molecule has 156 valence electrons. The minimum Gasteiger partial charge on any atom is -0.493 e. The molecule has 2 aromatic carbocycles. The predicted octanol–water partition coefficient (Wildman–Crippen LogP) is 3.59. The number of nitrogens with zero attached hydrogens (tertiary/aromatic N) is 3. The highest BCUT2D eigenvalue weighted by molar-refractivity contribution is 5.95. The number of anilines is 1. The molecule has 3 aromatic rings. The van der Waals surface area contributed by atoms with Crippen molar-refractivity contribution in [3.05, 3.63) is 54.1 Å². The molecular formula is C25H29N3O2. The summed E-state index contributed by atoms with van der Waals surface area (Å²) in [5, 5.41) is 12.0. The largest absolute Gasteiger partial charge is 0.493 e. The molecule has 1 unspecified atom stereocenters. The number of benzene rings is 2. The number of fused-ring (bicyclic) bond motifs is 2. The van der Waals surface area contributed by atoms with Crippen LogP contribution in [0.25, 0.3) is 22.0 Å². The third-order valence-corrected chi connectivity index (χ3v) is 6.44. The summed E-state index contributed by atoms with van der Waals surface area (Å²) in [7, 11) is 0. The molecule has 5 heteroatoms. The Morgan fingerprint density at radius 1 is 1.07 bits per heavy atom. The van der Waals surface area contributed by atoms with Crippen LogP contribution >= 0.6 is 0 Å². The van der Waals surface area contributed by atoms with Gasteiger partial charge in [0.15, 0.2) is 0 Å². The van der Waals surface area contributed by atoms with Gasteiger partial charge in [0.05, 0.1) is 12.3 Å². The highest BCUT2D eigenvalue weighted by Gasteiger charge is 2.22. The highest BCUT2D eigenvalue weighted by Crippen LogP contribution is 2.34. The van der Waals surface area contributed by atoms with Gasteiger partial charge in [-0.05, 0) is 48.2 Å². The fourth-order valence-electron chi connectivity index (χ4n) is 4.58. The first kappa shape index (κ1) is 19.3. The van der Waals surface area contributed by atoms with E-state index in [1.807, 2.05) is 0 Å². The van der Waals surface area contributed by atoms with E-state index in [0.29, 0.717) is 6.61 Å². The number of hydrogen-bond acceptors (Lipinski definition) is 5. The molecule has 0 amide bonds. The normalized spacial score (nSPS) is 19.5. The third kappa shape index (κ3) is 3.64. The molecule has 0 radical (unpaired) electrons. The fourth-order valence-corrected chi connectivity index (χ4v) is 4.58. The second kappa shape index (κ2) is 8.25. The van der Waals surface area contributed by atoms with E-state index in [0.717, 1.165) is 67.5 Å². The molecule has 5 nitrogen and oxygen atoms in total. The number of likely N-dealkylation sites (N-methyl/N-ethyl adjacent to an activating group) is 1. The lowest BCUT2D eigenvalue weighted by Crippen LogP contribution is -2.46. The molecule has 2 aliphatic rings. The van der Waals surface area contributed by atoms with Gasteiger partial charge in [-0.2, -0.15) is 0 Å². The van der Waals surface area contributed by atoms with Crippen LogP contribution in [0.4, 0.5) is 5.82 Å². The van der Waals surface area contributed by atoms with Crippen LogP contribution in [-0.4, -0.2) is 60.9 Å². The maximum Gasteiger partial charge on any atom is 0.137 e. The Balaban J connectivity index is 1.54. The number of aliphatic hydroxyl groups is 1. The van der Waals surface area contributed by atoms with Crippen molar-refractivity contribution in [1.29, 1.82) is 0 Å². The van der Waals surface area contributed by atoms with Crippen molar-refractivity contribution in [3.8, 4) is 17.0 Å². The van der Waals surface area contributed by atoms with Crippen molar-refractivity contribution < 1.29 is 9.84 Å². The molecule has 1 atom stereocenters. The Morgan fingerprint density at radius 3 is 2.70 bits per heavy atom. The Labute approximate surface area is 177 Å². The molecule has 0 aliphatic carbocycles. The van der Waals surface area contributed by atoms with E-state index in [4.69, 9.17) is 9.72 Å². The lowest BCUT2D eigenvalue weighted by Gasteiger charge is -2.35. The monoisotopic (exact) mass is 403 g/mol. The Morgan fingerprint density at radius 2 is 1.90 bits per heavy atom. The second-order valence-electron chi connectivity index (χ2n) is 8.36. The van der Waals surface area contributed by atoms with Gasteiger partial charge >= 0.3 is 0 Å². The lowest BCUT2D eigenvalue weighted by molar-refractivity contribution is 0.147. The lowest BCUT2D eigenvalue weighted by atomic mass is 9.95. The number of aromatic nitrogens is 1. The van der Waals surface area contributed by atoms with Gasteiger partial charge in [-0.3, -0.25) is 0 Å². The zero-order valence-electron chi connectivity index (χ0n) is 17.6. The summed E-state index contributed by atoms with van der Waals surface area (Å²) in [5.41, 5.74) is 3.26. The van der Waals surface area contributed by atoms with E-state index in [9.17, 15) is 5.11 Å². The molecule has 2 aliphatic heterocycles. The summed E-state index contributed by atoms with van der Waals surface area (Å²) < 4.78 is 5.83. The van der Waals surface area contributed by atoms with E-state index in [1.54, 1.807) is 0 Å². The second-order valence-corrected chi connectivity index (χ2v) is 8.36. The molecule has 0 bridgehead atoms. The van der Waals surface area contributed by atoms with Gasteiger partial charge < -0.3 is 19.6 Å². The third-order valence-electron chi connectivity index (χ3n) is 6.44. The maximum absolute atomic E-state index is 9.54. The van der Waals surface area contributed by atoms with Gasteiger partial charge in [-0.15, -0.1) is 0 Å². The maximum atomic E-state index is 9.54. The number of pyridine rings is 1. The quantitative estimate of drug-likeness (QED) is 0.722. The molecule has 3 heterocycles. The van der Waals surface area contributed by atoms with E-state index in [1.165, 1.54) is 10.8 Å². The van der Waals surface area contributed by atoms with Crippen LogP contribution in [0.1, 0.15) is 12.5 Å². The Kier molecular flexibility index (Phi) is 5.32. The van der Waals surface area contributed by atoms with Crippen molar-refractivity contribution in [1.82, 2.24) is 9.88 Å². The average molecular weight is 404 g/mol. The Hall–Kier alpha value is -2.63. The summed E-state index contributed by atoms with van der Waals surface area (Å²) in [6, 6.07) is 17.1. The van der Waals surface area contributed by atoms with Crippen molar-refractivity contribution in [2.45, 2.75) is 13.3 Å². The van der Waals surface area contributed by atoms with Crippen LogP contribution in [-0.2, 0) is 6.42 Å². The van der Waals surface area contributed by atoms with E-state index in [2.05, 4.69) is 65.3 Å². The van der Waals surface area contributed by atoms with Crippen LogP contribution in [0.2, 0.25) is 0 Å². The van der Waals surface area contributed by atoms with Crippen molar-refractivity contribution in [3.63, 3.8) is 0 Å². The van der Waals surface area contributed by atoms with Crippen molar-refractivity contribution in [2.75, 3.05) is 50.8 Å². The molecule has 30 heavy (non-hydrogen) atoms. The Bertz CT molecular complexity index is 1040. The minimum absolute atomic E-state index is 0.159. The topological polar surface area (TPSA) is 48.8 Å². The zero-order chi connectivity index (χ0) is 20.5. The van der Waals surface area contributed by atoms with Crippen LogP contribution in [0.3, 0.4) is 0 Å². The number of rotatable bonds is 4. The van der Waals surface area contributed by atoms with Gasteiger partial charge in [0.1, 0.15) is 11.6 Å². The molecule has 1 N–H and O–H groups in total. The SMILES string of the molecule is CCN1CCN(c2nc(-c3ccc4c(c3)CC(CO)CO4)cc3ccccc23)CC1. The molecule has 1 aromatic heterocycles. The van der Waals surface area contributed by atoms with Crippen LogP contribution in [0.15, 0.2) is 48.5 Å². The van der Waals surface area contributed by atoms with Gasteiger partial charge in [0, 0.05) is 49.7 Å². The molecular weight excluding hydrogens is 374 g/mol. The van der Waals surface area contributed by atoms with E-state index >= 15 is 0 Å².